The monoisotopic (exact) mass is 317 g/mol. The van der Waals surface area contributed by atoms with Gasteiger partial charge in [0.2, 0.25) is 5.91 Å². The van der Waals surface area contributed by atoms with Crippen LogP contribution in [0.3, 0.4) is 0 Å². The molecule has 1 aromatic rings. The van der Waals surface area contributed by atoms with Gasteiger partial charge in [0, 0.05) is 24.9 Å². The number of para-hydroxylation sites is 1. The number of nitrogen functional groups attached to an aromatic ring is 1. The summed E-state index contributed by atoms with van der Waals surface area (Å²) >= 11 is 0. The molecule has 2 rings (SSSR count). The number of nitrogens with zero attached hydrogens (tertiary/aromatic N) is 2. The number of carbonyl (C=O) groups is 1. The Bertz CT molecular complexity index is 706. The van der Waals surface area contributed by atoms with E-state index in [1.165, 1.54) is 18.2 Å². The number of hydrogen-bond donors (Lipinski definition) is 1. The minimum Gasteiger partial charge on any atom is -0.391 e. The third kappa shape index (κ3) is 3.27. The van der Waals surface area contributed by atoms with E-state index in [4.69, 9.17) is 5.73 Å². The maximum Gasteiger partial charge on any atom is 0.302 e. The van der Waals surface area contributed by atoms with Crippen molar-refractivity contribution in [2.75, 3.05) is 22.9 Å². The van der Waals surface area contributed by atoms with Gasteiger partial charge in [-0.2, -0.15) is 8.42 Å². The molecule has 1 atom stereocenters. The second-order valence-corrected chi connectivity index (χ2v) is 6.16. The summed E-state index contributed by atoms with van der Waals surface area (Å²) in [5.74, 6) is -1.91. The molecule has 1 saturated heterocycles. The second-order valence-electron chi connectivity index (χ2n) is 4.75. The van der Waals surface area contributed by atoms with Crippen molar-refractivity contribution in [3.63, 3.8) is 0 Å². The third-order valence-electron chi connectivity index (χ3n) is 3.19. The predicted molar refractivity (Wildman–Crippen MR) is 72.9 cm³/mol. The lowest BCUT2D eigenvalue weighted by Gasteiger charge is -2.18. The summed E-state index contributed by atoms with van der Waals surface area (Å²) < 4.78 is 33.9. The number of rotatable bonds is 4. The molecule has 0 bridgehead atoms. The molecule has 114 valence electrons. The van der Waals surface area contributed by atoms with Crippen molar-refractivity contribution in [3.05, 3.63) is 28.3 Å². The molecular formula is C11H12FN3O5S. The Balaban J connectivity index is 2.29. The van der Waals surface area contributed by atoms with Gasteiger partial charge in [-0.25, -0.2) is 0 Å². The van der Waals surface area contributed by atoms with Crippen molar-refractivity contribution in [1.29, 1.82) is 0 Å². The quantitative estimate of drug-likeness (QED) is 0.379. The molecule has 2 N–H and O–H groups in total. The van der Waals surface area contributed by atoms with E-state index in [-0.39, 0.29) is 30.0 Å². The summed E-state index contributed by atoms with van der Waals surface area (Å²) in [5.41, 5.74) is 5.28. The van der Waals surface area contributed by atoms with E-state index in [1.807, 2.05) is 0 Å². The van der Waals surface area contributed by atoms with Gasteiger partial charge < -0.3 is 10.6 Å². The number of halogens is 1. The van der Waals surface area contributed by atoms with Crippen molar-refractivity contribution < 1.29 is 22.0 Å². The van der Waals surface area contributed by atoms with Crippen LogP contribution in [-0.4, -0.2) is 31.5 Å². The number of carbonyl (C=O) groups excluding carboxylic acids is 1. The minimum atomic E-state index is -4.69. The Morgan fingerprint density at radius 2 is 2.14 bits per heavy atom. The topological polar surface area (TPSA) is 124 Å². The van der Waals surface area contributed by atoms with Gasteiger partial charge in [-0.15, -0.1) is 3.89 Å². The zero-order chi connectivity index (χ0) is 15.8. The van der Waals surface area contributed by atoms with Crippen LogP contribution in [0, 0.1) is 16.0 Å². The first-order chi connectivity index (χ1) is 9.69. The standard InChI is InChI=1S/C11H12FN3O5S/c12-21(19,20)6-7-4-10(16)14(5-7)8-2-1-3-9(11(8)13)15(17)18/h1-3,7H,4-6,13H2. The van der Waals surface area contributed by atoms with Gasteiger partial charge in [0.15, 0.2) is 0 Å². The number of anilines is 2. The smallest absolute Gasteiger partial charge is 0.302 e. The number of nitro benzene ring substituents is 1. The Hall–Kier alpha value is -2.23. The average Bonchev–Trinajstić information content (AvgIpc) is 2.67. The van der Waals surface area contributed by atoms with Crippen LogP contribution in [0.2, 0.25) is 0 Å². The Labute approximate surface area is 119 Å². The van der Waals surface area contributed by atoms with E-state index >= 15 is 0 Å². The van der Waals surface area contributed by atoms with Crippen molar-refractivity contribution in [1.82, 2.24) is 0 Å². The van der Waals surface area contributed by atoms with Crippen LogP contribution in [0.5, 0.6) is 0 Å². The molecule has 1 aliphatic rings. The molecule has 1 heterocycles. The van der Waals surface area contributed by atoms with Crippen LogP contribution in [0.1, 0.15) is 6.42 Å². The summed E-state index contributed by atoms with van der Waals surface area (Å²) in [6, 6.07) is 3.99. The molecule has 0 aromatic heterocycles. The SMILES string of the molecule is Nc1c(N2CC(CS(=O)(=O)F)CC2=O)cccc1[N+](=O)[O-]. The fourth-order valence-electron chi connectivity index (χ4n) is 2.34. The Morgan fingerprint density at radius 3 is 2.71 bits per heavy atom. The van der Waals surface area contributed by atoms with E-state index in [0.717, 1.165) is 4.90 Å². The highest BCUT2D eigenvalue weighted by Crippen LogP contribution is 2.35. The molecule has 1 aliphatic heterocycles. The van der Waals surface area contributed by atoms with Crippen LogP contribution in [0.15, 0.2) is 18.2 Å². The number of amides is 1. The summed E-state index contributed by atoms with van der Waals surface area (Å²) in [4.78, 5) is 23.2. The summed E-state index contributed by atoms with van der Waals surface area (Å²) in [5, 5.41) is 10.8. The van der Waals surface area contributed by atoms with Gasteiger partial charge >= 0.3 is 10.2 Å². The lowest BCUT2D eigenvalue weighted by molar-refractivity contribution is -0.383. The van der Waals surface area contributed by atoms with E-state index in [0.29, 0.717) is 0 Å². The van der Waals surface area contributed by atoms with Gasteiger partial charge in [0.25, 0.3) is 5.69 Å². The fourth-order valence-corrected chi connectivity index (χ4v) is 3.13. The first kappa shape index (κ1) is 15.2. The summed E-state index contributed by atoms with van der Waals surface area (Å²) in [6.45, 7) is -0.0483. The molecule has 8 nitrogen and oxygen atoms in total. The fraction of sp³-hybridized carbons (Fsp3) is 0.364. The zero-order valence-electron chi connectivity index (χ0n) is 10.7. The van der Waals surface area contributed by atoms with E-state index in [1.54, 1.807) is 0 Å². The van der Waals surface area contributed by atoms with Gasteiger partial charge in [-0.3, -0.25) is 14.9 Å². The lowest BCUT2D eigenvalue weighted by Crippen LogP contribution is -2.26. The lowest BCUT2D eigenvalue weighted by atomic mass is 10.1. The highest BCUT2D eigenvalue weighted by molar-refractivity contribution is 7.86. The molecule has 21 heavy (non-hydrogen) atoms. The largest absolute Gasteiger partial charge is 0.391 e. The molecule has 0 radical (unpaired) electrons. The second kappa shape index (κ2) is 5.28. The molecule has 10 heteroatoms. The summed E-state index contributed by atoms with van der Waals surface area (Å²) in [6.07, 6.45) is -0.148. The van der Waals surface area contributed by atoms with Gasteiger partial charge in [-0.1, -0.05) is 6.07 Å². The summed E-state index contributed by atoms with van der Waals surface area (Å²) in [7, 11) is -4.69. The minimum absolute atomic E-state index is 0.0483. The first-order valence-electron chi connectivity index (χ1n) is 5.94. The van der Waals surface area contributed by atoms with Crippen molar-refractivity contribution in [2.24, 2.45) is 5.92 Å². The van der Waals surface area contributed by atoms with Crippen LogP contribution >= 0.6 is 0 Å². The molecule has 0 spiro atoms. The number of nitrogens with two attached hydrogens (primary N) is 1. The predicted octanol–water partition coefficient (Wildman–Crippen LogP) is 0.829. The Morgan fingerprint density at radius 1 is 1.48 bits per heavy atom. The van der Waals surface area contributed by atoms with Crippen LogP contribution in [0.4, 0.5) is 20.9 Å². The third-order valence-corrected chi connectivity index (χ3v) is 4.06. The van der Waals surface area contributed by atoms with Crippen LogP contribution in [-0.2, 0) is 15.0 Å². The van der Waals surface area contributed by atoms with Crippen molar-refractivity contribution in [3.8, 4) is 0 Å². The molecule has 0 aliphatic carbocycles. The molecule has 1 fully saturated rings. The van der Waals surface area contributed by atoms with E-state index in [9.17, 15) is 27.2 Å². The van der Waals surface area contributed by atoms with E-state index < -0.39 is 32.7 Å². The van der Waals surface area contributed by atoms with Crippen molar-refractivity contribution in [2.45, 2.75) is 6.42 Å². The van der Waals surface area contributed by atoms with Gasteiger partial charge in [0.05, 0.1) is 16.4 Å². The van der Waals surface area contributed by atoms with Crippen LogP contribution < -0.4 is 10.6 Å². The normalized spacial score (nSPS) is 19.0. The molecule has 1 unspecified atom stereocenters. The maximum atomic E-state index is 12.7. The molecule has 0 saturated carbocycles. The number of benzene rings is 1. The van der Waals surface area contributed by atoms with Gasteiger partial charge in [-0.05, 0) is 6.07 Å². The zero-order valence-corrected chi connectivity index (χ0v) is 11.5. The molecular weight excluding hydrogens is 305 g/mol. The molecule has 1 amide bonds. The number of hydrogen-bond acceptors (Lipinski definition) is 6. The highest BCUT2D eigenvalue weighted by Gasteiger charge is 2.35. The average molecular weight is 317 g/mol. The highest BCUT2D eigenvalue weighted by atomic mass is 32.3. The van der Waals surface area contributed by atoms with Gasteiger partial charge in [0.1, 0.15) is 5.69 Å². The first-order valence-corrected chi connectivity index (χ1v) is 7.50. The van der Waals surface area contributed by atoms with Crippen molar-refractivity contribution >= 4 is 33.2 Å². The maximum absolute atomic E-state index is 12.7. The number of nitro groups is 1. The van der Waals surface area contributed by atoms with Crippen LogP contribution in [0.25, 0.3) is 0 Å². The molecule has 1 aromatic carbocycles. The Kier molecular flexibility index (Phi) is 3.81. The van der Waals surface area contributed by atoms with E-state index in [2.05, 4.69) is 0 Å².